The number of aliphatic hydroxyl groups excluding tert-OH is 1. The molecule has 2 N–H and O–H groups in total. The van der Waals surface area contributed by atoms with E-state index in [0.29, 0.717) is 39.2 Å². The molecular weight excluding hydrogens is 457 g/mol. The van der Waals surface area contributed by atoms with E-state index in [-0.39, 0.29) is 0 Å². The summed E-state index contributed by atoms with van der Waals surface area (Å²) in [5.74, 6) is 1.24. The maximum atomic E-state index is 11.1. The van der Waals surface area contributed by atoms with Crippen LogP contribution in [0.15, 0.2) is 90.8 Å². The van der Waals surface area contributed by atoms with Gasteiger partial charge in [0.2, 0.25) is 5.06 Å². The quantitative estimate of drug-likeness (QED) is 0.362. The molecule has 3 unspecified atom stereocenters. The minimum atomic E-state index is -1.03. The first kappa shape index (κ1) is 21.8. The fraction of sp³-hybridized carbons (Fsp3) is 0.167. The standard InChI is InChI=1S/C24H20Cl3NO3/c25-16-8-9-19(20(26)15-16)22(29)23(21-7-4-14-28-21)30-17-10-12-24(27,13-11-17)31-18-5-2-1-3-6-18/h1-12,14-15,22-23,28-29H,13H2. The lowest BCUT2D eigenvalue weighted by molar-refractivity contribution is -0.00621. The fourth-order valence-electron chi connectivity index (χ4n) is 3.30. The molecular formula is C24H20Cl3NO3. The number of hydrogen-bond donors (Lipinski definition) is 2. The van der Waals surface area contributed by atoms with Crippen LogP contribution in [0.2, 0.25) is 10.0 Å². The fourth-order valence-corrected chi connectivity index (χ4v) is 4.05. The number of aromatic amines is 1. The van der Waals surface area contributed by atoms with Crippen LogP contribution >= 0.6 is 34.8 Å². The van der Waals surface area contributed by atoms with Crippen LogP contribution in [0.5, 0.6) is 5.75 Å². The van der Waals surface area contributed by atoms with Crippen molar-refractivity contribution in [3.05, 3.63) is 112 Å². The predicted molar refractivity (Wildman–Crippen MR) is 124 cm³/mol. The summed E-state index contributed by atoms with van der Waals surface area (Å²) < 4.78 is 12.1. The summed E-state index contributed by atoms with van der Waals surface area (Å²) in [7, 11) is 0. The number of rotatable bonds is 7. The van der Waals surface area contributed by atoms with E-state index in [0.717, 1.165) is 0 Å². The molecule has 0 fully saturated rings. The number of para-hydroxylation sites is 1. The second-order valence-electron chi connectivity index (χ2n) is 7.12. The molecule has 0 bridgehead atoms. The highest BCUT2D eigenvalue weighted by molar-refractivity contribution is 6.35. The van der Waals surface area contributed by atoms with Crippen LogP contribution in [0.3, 0.4) is 0 Å². The van der Waals surface area contributed by atoms with Gasteiger partial charge in [0, 0.05) is 28.2 Å². The van der Waals surface area contributed by atoms with E-state index in [4.69, 9.17) is 44.3 Å². The smallest absolute Gasteiger partial charge is 0.205 e. The lowest BCUT2D eigenvalue weighted by Gasteiger charge is -2.29. The molecule has 1 heterocycles. The summed E-state index contributed by atoms with van der Waals surface area (Å²) in [5, 5.41) is 10.9. The number of nitrogens with one attached hydrogen (secondary N) is 1. The second-order valence-corrected chi connectivity index (χ2v) is 8.60. The van der Waals surface area contributed by atoms with Crippen LogP contribution in [-0.2, 0) is 4.74 Å². The van der Waals surface area contributed by atoms with Crippen LogP contribution in [0, 0.1) is 0 Å². The van der Waals surface area contributed by atoms with Gasteiger partial charge in [-0.2, -0.15) is 0 Å². The van der Waals surface area contributed by atoms with Gasteiger partial charge >= 0.3 is 0 Å². The summed E-state index contributed by atoms with van der Waals surface area (Å²) in [6, 6.07) is 18.0. The van der Waals surface area contributed by atoms with Crippen molar-refractivity contribution in [2.45, 2.75) is 23.7 Å². The number of H-pyrrole nitrogens is 1. The van der Waals surface area contributed by atoms with Crippen molar-refractivity contribution in [3.63, 3.8) is 0 Å². The third-order valence-electron chi connectivity index (χ3n) is 4.87. The molecule has 0 saturated carbocycles. The number of halogens is 3. The Kier molecular flexibility index (Phi) is 6.63. The van der Waals surface area contributed by atoms with Crippen LogP contribution in [0.4, 0.5) is 0 Å². The molecule has 4 rings (SSSR count). The van der Waals surface area contributed by atoms with Crippen molar-refractivity contribution in [2.24, 2.45) is 0 Å². The van der Waals surface area contributed by atoms with Crippen molar-refractivity contribution in [2.75, 3.05) is 0 Å². The molecule has 1 aromatic heterocycles. The van der Waals surface area contributed by atoms with Gasteiger partial charge in [0.1, 0.15) is 17.6 Å². The van der Waals surface area contributed by atoms with E-state index < -0.39 is 17.3 Å². The Hall–Kier alpha value is -2.37. The van der Waals surface area contributed by atoms with E-state index >= 15 is 0 Å². The molecule has 3 aromatic rings. The Morgan fingerprint density at radius 1 is 1.03 bits per heavy atom. The largest absolute Gasteiger partial charge is 0.481 e. The van der Waals surface area contributed by atoms with Crippen molar-refractivity contribution >= 4 is 34.8 Å². The second kappa shape index (κ2) is 9.41. The van der Waals surface area contributed by atoms with Crippen LogP contribution < -0.4 is 4.74 Å². The van der Waals surface area contributed by atoms with Crippen molar-refractivity contribution in [3.8, 4) is 5.75 Å². The zero-order valence-corrected chi connectivity index (χ0v) is 18.6. The Bertz CT molecular complexity index is 1080. The summed E-state index contributed by atoms with van der Waals surface area (Å²) >= 11 is 18.9. The van der Waals surface area contributed by atoms with E-state index in [1.165, 1.54) is 0 Å². The molecule has 1 aliphatic carbocycles. The summed E-state index contributed by atoms with van der Waals surface area (Å²) in [5.41, 5.74) is 1.22. The van der Waals surface area contributed by atoms with Crippen LogP contribution in [0.1, 0.15) is 29.9 Å². The molecule has 2 aromatic carbocycles. The highest BCUT2D eigenvalue weighted by Crippen LogP contribution is 2.39. The Morgan fingerprint density at radius 2 is 1.84 bits per heavy atom. The maximum Gasteiger partial charge on any atom is 0.205 e. The minimum Gasteiger partial charge on any atom is -0.481 e. The first-order valence-corrected chi connectivity index (χ1v) is 10.8. The molecule has 0 amide bonds. The van der Waals surface area contributed by atoms with Crippen LogP contribution in [-0.4, -0.2) is 15.2 Å². The number of allylic oxidation sites excluding steroid dienone is 1. The van der Waals surface area contributed by atoms with Gasteiger partial charge in [-0.3, -0.25) is 0 Å². The monoisotopic (exact) mass is 475 g/mol. The molecule has 160 valence electrons. The van der Waals surface area contributed by atoms with Gasteiger partial charge in [0.15, 0.2) is 6.10 Å². The molecule has 0 saturated heterocycles. The van der Waals surface area contributed by atoms with E-state index in [9.17, 15) is 5.11 Å². The Morgan fingerprint density at radius 3 is 2.48 bits per heavy atom. The van der Waals surface area contributed by atoms with Crippen molar-refractivity contribution in [1.29, 1.82) is 0 Å². The van der Waals surface area contributed by atoms with Gasteiger partial charge < -0.3 is 19.6 Å². The topological polar surface area (TPSA) is 54.5 Å². The normalized spacial score (nSPS) is 20.1. The molecule has 0 aliphatic heterocycles. The first-order valence-electron chi connectivity index (χ1n) is 9.69. The SMILES string of the molecule is OC(c1ccc(Cl)cc1Cl)C(OC1=CCC(Cl)(Oc2ccccc2)C=C1)c1ccc[nH]1. The Balaban J connectivity index is 1.52. The van der Waals surface area contributed by atoms with Gasteiger partial charge in [-0.15, -0.1) is 0 Å². The third kappa shape index (κ3) is 5.28. The van der Waals surface area contributed by atoms with Crippen LogP contribution in [0.25, 0.3) is 0 Å². The molecule has 3 atom stereocenters. The Labute approximate surface area is 195 Å². The number of ether oxygens (including phenoxy) is 2. The lowest BCUT2D eigenvalue weighted by atomic mass is 10.0. The molecule has 1 aliphatic rings. The van der Waals surface area contributed by atoms with Crippen molar-refractivity contribution in [1.82, 2.24) is 4.98 Å². The van der Waals surface area contributed by atoms with Gasteiger partial charge in [0.05, 0.1) is 5.69 Å². The summed E-state index contributed by atoms with van der Waals surface area (Å²) in [6.07, 6.45) is 5.73. The maximum absolute atomic E-state index is 11.1. The minimum absolute atomic E-state index is 0.365. The van der Waals surface area contributed by atoms with Gasteiger partial charge in [-0.25, -0.2) is 0 Å². The zero-order valence-electron chi connectivity index (χ0n) is 16.3. The molecule has 0 spiro atoms. The average Bonchev–Trinajstić information content (AvgIpc) is 3.28. The van der Waals surface area contributed by atoms with Gasteiger partial charge in [0.25, 0.3) is 0 Å². The van der Waals surface area contributed by atoms with Crippen molar-refractivity contribution < 1.29 is 14.6 Å². The number of hydrogen-bond acceptors (Lipinski definition) is 3. The average molecular weight is 477 g/mol. The first-order chi connectivity index (χ1) is 14.9. The van der Waals surface area contributed by atoms with Gasteiger partial charge in [-0.05, 0) is 54.6 Å². The predicted octanol–water partition coefficient (Wildman–Crippen LogP) is 6.97. The highest BCUT2D eigenvalue weighted by atomic mass is 35.5. The van der Waals surface area contributed by atoms with Gasteiger partial charge in [-0.1, -0.05) is 59.1 Å². The third-order valence-corrected chi connectivity index (χ3v) is 5.79. The number of aliphatic hydroxyl groups is 1. The summed E-state index contributed by atoms with van der Waals surface area (Å²) in [6.45, 7) is 0. The number of alkyl halides is 1. The zero-order chi connectivity index (χ0) is 21.8. The molecule has 7 heteroatoms. The molecule has 4 nitrogen and oxygen atoms in total. The highest BCUT2D eigenvalue weighted by Gasteiger charge is 2.31. The lowest BCUT2D eigenvalue weighted by Crippen LogP contribution is -2.28. The number of aromatic nitrogens is 1. The summed E-state index contributed by atoms with van der Waals surface area (Å²) in [4.78, 5) is 3.10. The molecule has 31 heavy (non-hydrogen) atoms. The molecule has 0 radical (unpaired) electrons. The van der Waals surface area contributed by atoms with E-state index in [1.807, 2.05) is 48.5 Å². The number of benzene rings is 2. The van der Waals surface area contributed by atoms with E-state index in [2.05, 4.69) is 4.98 Å². The van der Waals surface area contributed by atoms with E-state index in [1.54, 1.807) is 36.5 Å².